The van der Waals surface area contributed by atoms with Crippen LogP contribution in [0.15, 0.2) is 86.2 Å². The van der Waals surface area contributed by atoms with Crippen LogP contribution in [0.2, 0.25) is 0 Å². The zero-order valence-electron chi connectivity index (χ0n) is 18.8. The highest BCUT2D eigenvalue weighted by atomic mass is 79.9. The van der Waals surface area contributed by atoms with Gasteiger partial charge < -0.3 is 18.6 Å². The molecule has 0 bridgehead atoms. The molecule has 0 radical (unpaired) electrons. The van der Waals surface area contributed by atoms with Crippen LogP contribution >= 0.6 is 31.9 Å². The lowest BCUT2D eigenvalue weighted by atomic mass is 9.87. The van der Waals surface area contributed by atoms with E-state index in [2.05, 4.69) is 31.9 Å². The van der Waals surface area contributed by atoms with Gasteiger partial charge in [0.1, 0.15) is 5.58 Å². The summed E-state index contributed by atoms with van der Waals surface area (Å²) in [6.07, 6.45) is -3.74. The molecule has 9 heteroatoms. The van der Waals surface area contributed by atoms with Gasteiger partial charge in [-0.05, 0) is 54.6 Å². The number of furan rings is 1. The van der Waals surface area contributed by atoms with Gasteiger partial charge in [-0.1, -0.05) is 50.1 Å². The lowest BCUT2D eigenvalue weighted by Crippen LogP contribution is -2.48. The number of para-hydroxylation sites is 1. The number of carbonyl (C=O) groups excluding carboxylic acids is 3. The molecule has 1 heterocycles. The molecule has 3 aromatic carbocycles. The Morgan fingerprint density at radius 3 is 1.92 bits per heavy atom. The normalized spacial score (nSPS) is 19.1. The van der Waals surface area contributed by atoms with Gasteiger partial charge in [-0.15, -0.1) is 0 Å². The van der Waals surface area contributed by atoms with Crippen molar-refractivity contribution in [3.8, 4) is 0 Å². The number of ketones is 1. The second kappa shape index (κ2) is 10.0. The van der Waals surface area contributed by atoms with E-state index in [1.807, 2.05) is 0 Å². The Morgan fingerprint density at radius 2 is 1.33 bits per heavy atom. The van der Waals surface area contributed by atoms with Crippen molar-refractivity contribution in [3.05, 3.63) is 104 Å². The van der Waals surface area contributed by atoms with Crippen LogP contribution in [0.3, 0.4) is 0 Å². The first-order valence-corrected chi connectivity index (χ1v) is 12.5. The predicted molar refractivity (Wildman–Crippen MR) is 137 cm³/mol. The monoisotopic (exact) mass is 612 g/mol. The van der Waals surface area contributed by atoms with E-state index < -0.39 is 36.0 Å². The fourth-order valence-electron chi connectivity index (χ4n) is 4.15. The molecule has 0 spiro atoms. The Morgan fingerprint density at radius 1 is 0.778 bits per heavy atom. The summed E-state index contributed by atoms with van der Waals surface area (Å²) < 4.78 is 24.7. The van der Waals surface area contributed by atoms with Crippen molar-refractivity contribution < 1.29 is 33.0 Å². The maximum atomic E-state index is 13.5. The number of methoxy groups -OCH3 is 1. The minimum Gasteiger partial charge on any atom is -0.456 e. The third kappa shape index (κ3) is 4.50. The number of benzene rings is 3. The van der Waals surface area contributed by atoms with Gasteiger partial charge in [0, 0.05) is 21.4 Å². The largest absolute Gasteiger partial charge is 0.456 e. The minimum absolute atomic E-state index is 0.105. The van der Waals surface area contributed by atoms with Crippen molar-refractivity contribution in [2.75, 3.05) is 7.11 Å². The average Bonchev–Trinajstić information content (AvgIpc) is 3.27. The van der Waals surface area contributed by atoms with E-state index in [0.717, 1.165) is 8.95 Å². The second-order valence-electron chi connectivity index (χ2n) is 8.07. The molecule has 5 rings (SSSR count). The summed E-state index contributed by atoms with van der Waals surface area (Å²) in [6.45, 7) is 0. The van der Waals surface area contributed by atoms with Gasteiger partial charge >= 0.3 is 11.9 Å². The van der Waals surface area contributed by atoms with E-state index in [1.165, 1.54) is 7.11 Å². The molecule has 0 fully saturated rings. The molecule has 4 aromatic rings. The Labute approximate surface area is 222 Å². The fourth-order valence-corrected chi connectivity index (χ4v) is 4.68. The summed E-state index contributed by atoms with van der Waals surface area (Å²) in [5.41, 5.74) is 1.21. The summed E-state index contributed by atoms with van der Waals surface area (Å²) in [4.78, 5) is 39.7. The molecular formula is C27H18Br2O7. The van der Waals surface area contributed by atoms with Crippen LogP contribution in [0.5, 0.6) is 0 Å². The van der Waals surface area contributed by atoms with Crippen molar-refractivity contribution in [1.82, 2.24) is 0 Å². The molecule has 3 atom stereocenters. The summed E-state index contributed by atoms with van der Waals surface area (Å²) >= 11 is 6.67. The lowest BCUT2D eigenvalue weighted by molar-refractivity contribution is -0.0924. The van der Waals surface area contributed by atoms with Crippen molar-refractivity contribution in [2.45, 2.75) is 18.3 Å². The summed E-state index contributed by atoms with van der Waals surface area (Å²) in [5, 5.41) is 0.557. The Hall–Kier alpha value is -3.27. The zero-order valence-corrected chi connectivity index (χ0v) is 21.9. The third-order valence-corrected chi connectivity index (χ3v) is 6.93. The van der Waals surface area contributed by atoms with Crippen molar-refractivity contribution in [1.29, 1.82) is 0 Å². The molecule has 0 aliphatic heterocycles. The second-order valence-corrected chi connectivity index (χ2v) is 9.90. The van der Waals surface area contributed by atoms with E-state index in [-0.39, 0.29) is 22.5 Å². The van der Waals surface area contributed by atoms with E-state index >= 15 is 0 Å². The van der Waals surface area contributed by atoms with E-state index in [9.17, 15) is 14.4 Å². The Bertz CT molecular complexity index is 1460. The molecule has 0 unspecified atom stereocenters. The van der Waals surface area contributed by atoms with Gasteiger partial charge in [0.25, 0.3) is 0 Å². The first-order valence-electron chi connectivity index (χ1n) is 10.9. The molecular weight excluding hydrogens is 596 g/mol. The number of halogens is 2. The standard InChI is InChI=1S/C27H18Br2O7/c1-33-23-21(30)20-18-4-2-3-5-19(18)34-22(20)24(35-26(31)14-6-10-16(28)11-7-14)25(23)36-27(32)15-8-12-17(29)13-9-15/h2-13,23-25H,1H3/t23-,24+,25+/m1/s1. The molecule has 1 aliphatic rings. The number of rotatable bonds is 5. The van der Waals surface area contributed by atoms with Crippen LogP contribution in [0.25, 0.3) is 11.0 Å². The molecule has 0 saturated heterocycles. The molecule has 182 valence electrons. The van der Waals surface area contributed by atoms with E-state index in [1.54, 1.807) is 72.8 Å². The quantitative estimate of drug-likeness (QED) is 0.244. The first kappa shape index (κ1) is 24.4. The topological polar surface area (TPSA) is 92.0 Å². The van der Waals surface area contributed by atoms with Crippen molar-refractivity contribution >= 4 is 60.6 Å². The van der Waals surface area contributed by atoms with Gasteiger partial charge in [0.2, 0.25) is 0 Å². The van der Waals surface area contributed by atoms with E-state index in [0.29, 0.717) is 11.0 Å². The lowest BCUT2D eigenvalue weighted by Gasteiger charge is -2.34. The number of Topliss-reactive ketones (excluding diaryl/α,β-unsaturated/α-hetero) is 1. The zero-order chi connectivity index (χ0) is 25.4. The van der Waals surface area contributed by atoms with Gasteiger partial charge in [-0.25, -0.2) is 9.59 Å². The summed E-state index contributed by atoms with van der Waals surface area (Å²) in [5.74, 6) is -1.70. The number of esters is 2. The fraction of sp³-hybridized carbons (Fsp3) is 0.148. The maximum Gasteiger partial charge on any atom is 0.338 e. The van der Waals surface area contributed by atoms with Crippen LogP contribution in [0, 0.1) is 0 Å². The minimum atomic E-state index is -1.29. The van der Waals surface area contributed by atoms with Gasteiger partial charge in [0.15, 0.2) is 29.9 Å². The van der Waals surface area contributed by atoms with Crippen LogP contribution in [-0.2, 0) is 14.2 Å². The number of hydrogen-bond donors (Lipinski definition) is 0. The summed E-state index contributed by atoms with van der Waals surface area (Å²) in [6, 6.07) is 20.1. The molecule has 7 nitrogen and oxygen atoms in total. The Balaban J connectivity index is 1.58. The third-order valence-electron chi connectivity index (χ3n) is 5.87. The van der Waals surface area contributed by atoms with Crippen LogP contribution in [0.1, 0.15) is 42.9 Å². The van der Waals surface area contributed by atoms with Crippen molar-refractivity contribution in [2.24, 2.45) is 0 Å². The first-order chi connectivity index (χ1) is 17.4. The molecule has 1 aromatic heterocycles. The van der Waals surface area contributed by atoms with Gasteiger partial charge in [0.05, 0.1) is 16.7 Å². The highest BCUT2D eigenvalue weighted by Gasteiger charge is 2.50. The molecule has 0 amide bonds. The van der Waals surface area contributed by atoms with Gasteiger partial charge in [-0.2, -0.15) is 0 Å². The number of hydrogen-bond acceptors (Lipinski definition) is 7. The highest BCUT2D eigenvalue weighted by molar-refractivity contribution is 9.10. The van der Waals surface area contributed by atoms with Crippen LogP contribution < -0.4 is 0 Å². The van der Waals surface area contributed by atoms with E-state index in [4.69, 9.17) is 18.6 Å². The maximum absolute atomic E-state index is 13.5. The smallest absolute Gasteiger partial charge is 0.338 e. The number of fused-ring (bicyclic) bond motifs is 3. The number of carbonyl (C=O) groups is 3. The Kier molecular flexibility index (Phi) is 6.79. The van der Waals surface area contributed by atoms with Crippen molar-refractivity contribution in [3.63, 3.8) is 0 Å². The highest BCUT2D eigenvalue weighted by Crippen LogP contribution is 2.42. The van der Waals surface area contributed by atoms with Crippen LogP contribution in [-0.4, -0.2) is 37.0 Å². The molecule has 0 saturated carbocycles. The average molecular weight is 614 g/mol. The molecule has 1 aliphatic carbocycles. The molecule has 0 N–H and O–H groups in total. The SMILES string of the molecule is CO[C@@H]1C(=O)c2c(oc3ccccc23)[C@H](OC(=O)c2ccc(Br)cc2)[C@H]1OC(=O)c1ccc(Br)cc1. The van der Waals surface area contributed by atoms with Crippen LogP contribution in [0.4, 0.5) is 0 Å². The molecule has 36 heavy (non-hydrogen) atoms. The number of ether oxygens (including phenoxy) is 3. The van der Waals surface area contributed by atoms with Gasteiger partial charge in [-0.3, -0.25) is 4.79 Å². The summed E-state index contributed by atoms with van der Waals surface area (Å²) in [7, 11) is 1.34. The predicted octanol–water partition coefficient (Wildman–Crippen LogP) is 6.29.